The minimum Gasteiger partial charge on any atom is -0.478 e. The van der Waals surface area contributed by atoms with Crippen molar-refractivity contribution in [1.82, 2.24) is 10.6 Å². The largest absolute Gasteiger partial charge is 0.478 e. The third-order valence-electron chi connectivity index (χ3n) is 4.76. The Morgan fingerprint density at radius 1 is 1.08 bits per heavy atom. The summed E-state index contributed by atoms with van der Waals surface area (Å²) >= 11 is 0. The van der Waals surface area contributed by atoms with Gasteiger partial charge in [0, 0.05) is 12.6 Å². The molecule has 1 aliphatic rings. The summed E-state index contributed by atoms with van der Waals surface area (Å²) in [6, 6.07) is 14.9. The van der Waals surface area contributed by atoms with Crippen molar-refractivity contribution in [1.29, 1.82) is 0 Å². The van der Waals surface area contributed by atoms with Gasteiger partial charge in [0.25, 0.3) is 0 Å². The van der Waals surface area contributed by atoms with Crippen LogP contribution in [0, 0.1) is 6.92 Å². The highest BCUT2D eigenvalue weighted by atomic mass is 16.4. The fourth-order valence-corrected chi connectivity index (χ4v) is 3.22. The Labute approximate surface area is 147 Å². The summed E-state index contributed by atoms with van der Waals surface area (Å²) in [6.07, 6.45) is 1.93. The molecular weight excluding hydrogens is 316 g/mol. The third-order valence-corrected chi connectivity index (χ3v) is 4.76. The Kier molecular flexibility index (Phi) is 5.03. The van der Waals surface area contributed by atoms with E-state index in [-0.39, 0.29) is 17.6 Å². The lowest BCUT2D eigenvalue weighted by Crippen LogP contribution is -2.47. The normalized spacial score (nSPS) is 18.9. The molecule has 1 fully saturated rings. The standard InChI is InChI=1S/C20H22N2O3/c1-13-4-2-3-5-18(13)16-10-17(11-16)22-20(25)21-12-14-6-8-15(9-7-14)19(23)24/h2-9,16-17H,10-12H2,1H3,(H,23,24)(H2,21,22,25). The fraction of sp³-hybridized carbons (Fsp3) is 0.300. The van der Waals surface area contributed by atoms with Crippen LogP contribution in [-0.4, -0.2) is 23.1 Å². The number of benzene rings is 2. The first-order valence-corrected chi connectivity index (χ1v) is 8.45. The molecule has 0 aliphatic heterocycles. The second kappa shape index (κ2) is 7.38. The molecule has 0 atom stereocenters. The zero-order valence-corrected chi connectivity index (χ0v) is 14.2. The molecule has 1 saturated carbocycles. The summed E-state index contributed by atoms with van der Waals surface area (Å²) in [5.74, 6) is -0.430. The summed E-state index contributed by atoms with van der Waals surface area (Å²) < 4.78 is 0. The van der Waals surface area contributed by atoms with Gasteiger partial charge in [-0.2, -0.15) is 0 Å². The molecule has 3 rings (SSSR count). The lowest BCUT2D eigenvalue weighted by Gasteiger charge is -2.36. The molecule has 0 spiro atoms. The maximum Gasteiger partial charge on any atom is 0.335 e. The SMILES string of the molecule is Cc1ccccc1C1CC(NC(=O)NCc2ccc(C(=O)O)cc2)C1. The molecule has 0 unspecified atom stereocenters. The van der Waals surface area contributed by atoms with Gasteiger partial charge < -0.3 is 15.7 Å². The summed E-state index contributed by atoms with van der Waals surface area (Å²) in [5.41, 5.74) is 3.79. The number of aryl methyl sites for hydroxylation is 1. The van der Waals surface area contributed by atoms with Crippen molar-refractivity contribution in [3.05, 3.63) is 70.8 Å². The van der Waals surface area contributed by atoms with Crippen molar-refractivity contribution in [3.63, 3.8) is 0 Å². The summed E-state index contributed by atoms with van der Waals surface area (Å²) in [5, 5.41) is 14.7. The number of carbonyl (C=O) groups is 2. The van der Waals surface area contributed by atoms with Crippen molar-refractivity contribution < 1.29 is 14.7 Å². The third kappa shape index (κ3) is 4.18. The second-order valence-electron chi connectivity index (χ2n) is 6.55. The van der Waals surface area contributed by atoms with Gasteiger partial charge in [-0.15, -0.1) is 0 Å². The highest BCUT2D eigenvalue weighted by Crippen LogP contribution is 2.38. The predicted molar refractivity (Wildman–Crippen MR) is 95.7 cm³/mol. The number of hydrogen-bond acceptors (Lipinski definition) is 2. The molecule has 2 amide bonds. The van der Waals surface area contributed by atoms with Crippen LogP contribution in [0.5, 0.6) is 0 Å². The molecule has 2 aromatic carbocycles. The number of aromatic carboxylic acids is 1. The molecule has 0 heterocycles. The van der Waals surface area contributed by atoms with Crippen LogP contribution in [0.3, 0.4) is 0 Å². The average Bonchev–Trinajstić information content (AvgIpc) is 2.57. The van der Waals surface area contributed by atoms with E-state index in [1.807, 2.05) is 6.07 Å². The van der Waals surface area contributed by atoms with Gasteiger partial charge in [0.05, 0.1) is 5.56 Å². The number of nitrogens with one attached hydrogen (secondary N) is 2. The molecule has 1 aliphatic carbocycles. The van der Waals surface area contributed by atoms with Crippen LogP contribution in [0.1, 0.15) is 45.8 Å². The topological polar surface area (TPSA) is 78.4 Å². The molecule has 0 bridgehead atoms. The number of urea groups is 1. The number of rotatable bonds is 5. The first-order valence-electron chi connectivity index (χ1n) is 8.45. The van der Waals surface area contributed by atoms with Crippen molar-refractivity contribution in [3.8, 4) is 0 Å². The van der Waals surface area contributed by atoms with E-state index in [0.29, 0.717) is 12.5 Å². The van der Waals surface area contributed by atoms with Gasteiger partial charge in [-0.25, -0.2) is 9.59 Å². The number of carboxylic acid groups (broad SMARTS) is 1. The van der Waals surface area contributed by atoms with Gasteiger partial charge in [-0.3, -0.25) is 0 Å². The number of amides is 2. The van der Waals surface area contributed by atoms with E-state index in [1.165, 1.54) is 23.3 Å². The fourth-order valence-electron chi connectivity index (χ4n) is 3.22. The summed E-state index contributed by atoms with van der Waals surface area (Å²) in [4.78, 5) is 22.8. The van der Waals surface area contributed by atoms with E-state index in [2.05, 4.69) is 35.8 Å². The predicted octanol–water partition coefficient (Wildman–Crippen LogP) is 3.44. The second-order valence-corrected chi connectivity index (χ2v) is 6.55. The van der Waals surface area contributed by atoms with Gasteiger partial charge in [0.2, 0.25) is 0 Å². The van der Waals surface area contributed by atoms with Gasteiger partial charge in [-0.1, -0.05) is 36.4 Å². The van der Waals surface area contributed by atoms with Gasteiger partial charge in [-0.05, 0) is 54.5 Å². The number of carbonyl (C=O) groups excluding carboxylic acids is 1. The molecular formula is C20H22N2O3. The van der Waals surface area contributed by atoms with Crippen LogP contribution >= 0.6 is 0 Å². The van der Waals surface area contributed by atoms with Crippen LogP contribution in [0.2, 0.25) is 0 Å². The Hall–Kier alpha value is -2.82. The maximum absolute atomic E-state index is 12.0. The van der Waals surface area contributed by atoms with Crippen molar-refractivity contribution in [2.75, 3.05) is 0 Å². The monoisotopic (exact) mass is 338 g/mol. The van der Waals surface area contributed by atoms with Crippen LogP contribution in [0.15, 0.2) is 48.5 Å². The van der Waals surface area contributed by atoms with Gasteiger partial charge in [0.1, 0.15) is 0 Å². The van der Waals surface area contributed by atoms with Gasteiger partial charge in [0.15, 0.2) is 0 Å². The Morgan fingerprint density at radius 2 is 1.76 bits per heavy atom. The molecule has 5 heteroatoms. The summed E-state index contributed by atoms with van der Waals surface area (Å²) in [7, 11) is 0. The van der Waals surface area contributed by atoms with Crippen molar-refractivity contribution in [2.24, 2.45) is 0 Å². The van der Waals surface area contributed by atoms with E-state index in [0.717, 1.165) is 18.4 Å². The Bertz CT molecular complexity index is 765. The number of carboxylic acids is 1. The van der Waals surface area contributed by atoms with Crippen LogP contribution in [-0.2, 0) is 6.54 Å². The molecule has 130 valence electrons. The lowest BCUT2D eigenvalue weighted by molar-refractivity contribution is 0.0697. The molecule has 5 nitrogen and oxygen atoms in total. The highest BCUT2D eigenvalue weighted by molar-refractivity contribution is 5.87. The Morgan fingerprint density at radius 3 is 2.40 bits per heavy atom. The molecule has 2 aromatic rings. The molecule has 0 radical (unpaired) electrons. The first-order chi connectivity index (χ1) is 12.0. The maximum atomic E-state index is 12.0. The minimum absolute atomic E-state index is 0.185. The molecule has 3 N–H and O–H groups in total. The Balaban J connectivity index is 1.42. The van der Waals surface area contributed by atoms with Gasteiger partial charge >= 0.3 is 12.0 Å². The summed E-state index contributed by atoms with van der Waals surface area (Å²) in [6.45, 7) is 2.50. The van der Waals surface area contributed by atoms with Crippen molar-refractivity contribution in [2.45, 2.75) is 38.3 Å². The molecule has 25 heavy (non-hydrogen) atoms. The lowest BCUT2D eigenvalue weighted by atomic mass is 9.74. The van der Waals surface area contributed by atoms with Crippen LogP contribution < -0.4 is 10.6 Å². The van der Waals surface area contributed by atoms with Crippen molar-refractivity contribution >= 4 is 12.0 Å². The highest BCUT2D eigenvalue weighted by Gasteiger charge is 2.31. The van der Waals surface area contributed by atoms with E-state index in [4.69, 9.17) is 5.11 Å². The minimum atomic E-state index is -0.953. The zero-order chi connectivity index (χ0) is 17.8. The quantitative estimate of drug-likeness (QED) is 0.781. The molecule has 0 saturated heterocycles. The van der Waals surface area contributed by atoms with E-state index >= 15 is 0 Å². The average molecular weight is 338 g/mol. The van der Waals surface area contributed by atoms with E-state index in [9.17, 15) is 9.59 Å². The first kappa shape index (κ1) is 17.0. The molecule has 0 aromatic heterocycles. The smallest absolute Gasteiger partial charge is 0.335 e. The zero-order valence-electron chi connectivity index (χ0n) is 14.2. The number of hydrogen-bond donors (Lipinski definition) is 3. The van der Waals surface area contributed by atoms with Crippen LogP contribution in [0.25, 0.3) is 0 Å². The van der Waals surface area contributed by atoms with Crippen LogP contribution in [0.4, 0.5) is 4.79 Å². The van der Waals surface area contributed by atoms with E-state index < -0.39 is 5.97 Å². The van der Waals surface area contributed by atoms with E-state index in [1.54, 1.807) is 12.1 Å².